The molecule has 0 amide bonds. The molecule has 0 spiro atoms. The number of rotatable bonds is 16. The van der Waals surface area contributed by atoms with Crippen LogP contribution in [-0.2, 0) is 61.3 Å². The van der Waals surface area contributed by atoms with Crippen molar-refractivity contribution in [3.63, 3.8) is 0 Å². The fraction of sp³-hybridized carbons (Fsp3) is 0.250. The summed E-state index contributed by atoms with van der Waals surface area (Å²) in [5, 5.41) is 0. The quantitative estimate of drug-likeness (QED) is 0.0648. The number of carbonyl (C=O) groups is 2. The van der Waals surface area contributed by atoms with Gasteiger partial charge in [-0.25, -0.2) is 9.97 Å². The number of anilines is 2. The third-order valence-electron chi connectivity index (χ3n) is 10.4. The number of halogens is 2. The van der Waals surface area contributed by atoms with E-state index in [2.05, 4.69) is 86.0 Å². The molecule has 0 fully saturated rings. The van der Waals surface area contributed by atoms with E-state index in [0.29, 0.717) is 64.7 Å². The van der Waals surface area contributed by atoms with Gasteiger partial charge in [0.2, 0.25) is 0 Å². The van der Waals surface area contributed by atoms with E-state index >= 15 is 0 Å². The van der Waals surface area contributed by atoms with Crippen LogP contribution in [0.1, 0.15) is 59.8 Å². The monoisotopic (exact) mass is 1000 g/mol. The molecule has 0 bridgehead atoms. The van der Waals surface area contributed by atoms with Crippen molar-refractivity contribution in [2.24, 2.45) is 5.73 Å². The summed E-state index contributed by atoms with van der Waals surface area (Å²) in [7, 11) is 0. The topological polar surface area (TPSA) is 239 Å². The zero-order chi connectivity index (χ0) is 46.3. The fourth-order valence-corrected chi connectivity index (χ4v) is 7.84. The van der Waals surface area contributed by atoms with E-state index in [0.717, 1.165) is 58.9 Å². The van der Waals surface area contributed by atoms with E-state index < -0.39 is 0 Å². The number of hydrogen-bond donors (Lipinski definition) is 5. The number of H-pyrrole nitrogens is 2. The maximum atomic E-state index is 12.9. The van der Waals surface area contributed by atoms with Crippen LogP contribution in [0.4, 0.5) is 11.9 Å². The van der Waals surface area contributed by atoms with Crippen LogP contribution in [0.5, 0.6) is 0 Å². The van der Waals surface area contributed by atoms with Crippen LogP contribution < -0.4 is 28.3 Å². The van der Waals surface area contributed by atoms with Gasteiger partial charge in [0.25, 0.3) is 11.1 Å². The lowest BCUT2D eigenvalue weighted by Gasteiger charge is -2.10. The lowest BCUT2D eigenvalue weighted by molar-refractivity contribution is -0.120. The molecule has 0 saturated carbocycles. The molecule has 0 atom stereocenters. The van der Waals surface area contributed by atoms with Crippen LogP contribution in [0.25, 0.3) is 22.1 Å². The maximum absolute atomic E-state index is 12.9. The first-order chi connectivity index (χ1) is 31.4. The highest BCUT2D eigenvalue weighted by Gasteiger charge is 2.14. The number of hydrogen-bond acceptors (Lipinski definition) is 11. The summed E-state index contributed by atoms with van der Waals surface area (Å²) in [4.78, 5) is 71.7. The normalized spacial score (nSPS) is 10.9. The Morgan fingerprint density at radius 1 is 0.600 bits per heavy atom. The molecule has 65 heavy (non-hydrogen) atoms. The Bertz CT molecular complexity index is 2980. The summed E-state index contributed by atoms with van der Waals surface area (Å²) in [6.45, 7) is 2.10. The molecule has 4 aromatic heterocycles. The molecular formula is C48H51Br2N11O4. The van der Waals surface area contributed by atoms with E-state index in [4.69, 9.17) is 17.2 Å². The van der Waals surface area contributed by atoms with Crippen molar-refractivity contribution in [2.45, 2.75) is 77.9 Å². The second kappa shape index (κ2) is 23.4. The van der Waals surface area contributed by atoms with Crippen LogP contribution in [0.15, 0.2) is 128 Å². The number of carbonyl (C=O) groups excluding carboxylic acids is 2. The van der Waals surface area contributed by atoms with Crippen molar-refractivity contribution in [3.05, 3.63) is 173 Å². The summed E-state index contributed by atoms with van der Waals surface area (Å²) in [5.74, 6) is 0.742. The number of benzene rings is 4. The van der Waals surface area contributed by atoms with Crippen LogP contribution >= 0.6 is 31.9 Å². The Morgan fingerprint density at radius 3 is 1.54 bits per heavy atom. The first kappa shape index (κ1) is 47.9. The standard InChI is InChI=1S/C24H24BrN5O2.C16H17BrN2O2.C8H10N4/c25-22-14-27-20(8-4-7-16-5-2-1-3-6-16)23(32)30(22)15-18(31)11-9-17-10-12-19-21(13-17)29-24(26)28-19;1-12(20)11-19-15(17)10-18-14(16(19)21)9-5-8-13-6-3-2-4-7-13;9-4-5-1-2-6-7(3-5)12-8(10)11-6/h1-3,5-6,10,12-14H,4,7-9,11,15H2,(H3,26,28,29);2-4,6-7,10H,5,8-9,11H2,1H3;1-3H,4,9H2,(H3,10,11,12). The van der Waals surface area contributed by atoms with Crippen LogP contribution in [-0.4, -0.2) is 50.6 Å². The zero-order valence-electron chi connectivity index (χ0n) is 36.0. The molecule has 0 aliphatic heterocycles. The Balaban J connectivity index is 0.000000181. The number of nitrogens with one attached hydrogen (secondary N) is 2. The molecule has 336 valence electrons. The van der Waals surface area contributed by atoms with Gasteiger partial charge < -0.3 is 27.2 Å². The average Bonchev–Trinajstić information content (AvgIpc) is 3.88. The van der Waals surface area contributed by atoms with Gasteiger partial charge in [-0.3, -0.25) is 38.3 Å². The van der Waals surface area contributed by atoms with Gasteiger partial charge >= 0.3 is 0 Å². The highest BCUT2D eigenvalue weighted by Crippen LogP contribution is 2.17. The second-order valence-corrected chi connectivity index (χ2v) is 17.0. The fourth-order valence-electron chi connectivity index (χ4n) is 7.06. The number of Topliss-reactive ketones (excluding diaryl/α,β-unsaturated/α-hetero) is 2. The zero-order valence-corrected chi connectivity index (χ0v) is 39.1. The predicted octanol–water partition coefficient (Wildman–Crippen LogP) is 7.22. The van der Waals surface area contributed by atoms with E-state index in [1.807, 2.05) is 72.8 Å². The van der Waals surface area contributed by atoms with Crippen molar-refractivity contribution in [1.82, 2.24) is 39.0 Å². The van der Waals surface area contributed by atoms with Crippen molar-refractivity contribution in [2.75, 3.05) is 11.5 Å². The van der Waals surface area contributed by atoms with Crippen molar-refractivity contribution in [3.8, 4) is 0 Å². The van der Waals surface area contributed by atoms with E-state index in [1.165, 1.54) is 27.2 Å². The molecule has 8 N–H and O–H groups in total. The molecule has 0 aliphatic rings. The number of nitrogens with two attached hydrogens (primary N) is 3. The number of aromatic amines is 2. The molecule has 4 heterocycles. The first-order valence-electron chi connectivity index (χ1n) is 21.1. The van der Waals surface area contributed by atoms with Gasteiger partial charge in [-0.05, 0) is 130 Å². The second-order valence-electron chi connectivity index (χ2n) is 15.4. The molecule has 8 aromatic rings. The number of ketones is 2. The number of aryl methyl sites for hydroxylation is 5. The van der Waals surface area contributed by atoms with Gasteiger partial charge in [-0.1, -0.05) is 72.8 Å². The lowest BCUT2D eigenvalue weighted by atomic mass is 10.1. The SMILES string of the molecule is CC(=O)Cn1c(Br)cnc(CCCc2ccccc2)c1=O.NCc1ccc2nc(N)[nH]c2c1.Nc1nc2ccc(CCC(=O)Cn3c(Br)cnc(CCCc4ccccc4)c3=O)cc2[nH]1. The van der Waals surface area contributed by atoms with E-state index in [1.54, 1.807) is 12.4 Å². The van der Waals surface area contributed by atoms with Gasteiger partial charge in [0.05, 0.1) is 47.6 Å². The molecular weight excluding hydrogens is 954 g/mol. The Labute approximate surface area is 392 Å². The summed E-state index contributed by atoms with van der Waals surface area (Å²) in [5.41, 5.74) is 25.3. The average molecular weight is 1010 g/mol. The van der Waals surface area contributed by atoms with Gasteiger partial charge in [0, 0.05) is 13.0 Å². The Morgan fingerprint density at radius 2 is 1.06 bits per heavy atom. The number of nitrogen functional groups attached to an aromatic ring is 2. The number of imidazole rings is 2. The summed E-state index contributed by atoms with van der Waals surface area (Å²) in [6.07, 6.45) is 8.74. The third kappa shape index (κ3) is 14.0. The number of aromatic nitrogens is 8. The summed E-state index contributed by atoms with van der Waals surface area (Å²) < 4.78 is 3.94. The first-order valence-corrected chi connectivity index (χ1v) is 22.7. The molecule has 8 rings (SSSR count). The van der Waals surface area contributed by atoms with Crippen molar-refractivity contribution in [1.29, 1.82) is 0 Å². The lowest BCUT2D eigenvalue weighted by Crippen LogP contribution is -2.29. The minimum Gasteiger partial charge on any atom is -0.369 e. The summed E-state index contributed by atoms with van der Waals surface area (Å²) in [6, 6.07) is 31.9. The Kier molecular flexibility index (Phi) is 17.2. The van der Waals surface area contributed by atoms with Crippen LogP contribution in [0.2, 0.25) is 0 Å². The Hall–Kier alpha value is -6.56. The highest BCUT2D eigenvalue weighted by atomic mass is 79.9. The summed E-state index contributed by atoms with van der Waals surface area (Å²) >= 11 is 6.63. The molecule has 17 heteroatoms. The molecule has 4 aromatic carbocycles. The van der Waals surface area contributed by atoms with Gasteiger partial charge in [0.1, 0.15) is 26.4 Å². The van der Waals surface area contributed by atoms with Crippen molar-refractivity contribution < 1.29 is 9.59 Å². The van der Waals surface area contributed by atoms with E-state index in [-0.39, 0.29) is 35.8 Å². The third-order valence-corrected chi connectivity index (χ3v) is 11.6. The van der Waals surface area contributed by atoms with Gasteiger partial charge in [0.15, 0.2) is 17.7 Å². The predicted molar refractivity (Wildman–Crippen MR) is 262 cm³/mol. The van der Waals surface area contributed by atoms with Gasteiger partial charge in [-0.2, -0.15) is 0 Å². The van der Waals surface area contributed by atoms with Crippen LogP contribution in [0.3, 0.4) is 0 Å². The minimum atomic E-state index is -0.213. The largest absolute Gasteiger partial charge is 0.369 e. The minimum absolute atomic E-state index is 0.0153. The highest BCUT2D eigenvalue weighted by molar-refractivity contribution is 9.10. The van der Waals surface area contributed by atoms with Crippen LogP contribution in [0, 0.1) is 0 Å². The molecule has 0 unspecified atom stereocenters. The van der Waals surface area contributed by atoms with Gasteiger partial charge in [-0.15, -0.1) is 0 Å². The number of fused-ring (bicyclic) bond motifs is 2. The molecule has 0 saturated heterocycles. The molecule has 15 nitrogen and oxygen atoms in total. The molecule has 0 radical (unpaired) electrons. The smallest absolute Gasteiger partial charge is 0.273 e. The molecule has 0 aliphatic carbocycles. The maximum Gasteiger partial charge on any atom is 0.273 e. The van der Waals surface area contributed by atoms with E-state index in [9.17, 15) is 19.2 Å². The van der Waals surface area contributed by atoms with Crippen molar-refractivity contribution >= 4 is 77.4 Å². The number of nitrogens with zero attached hydrogens (tertiary/aromatic N) is 6.